The van der Waals surface area contributed by atoms with Gasteiger partial charge in [0, 0.05) is 21.5 Å². The lowest BCUT2D eigenvalue weighted by Crippen LogP contribution is -2.10. The lowest BCUT2D eigenvalue weighted by molar-refractivity contribution is 0.590. The minimum absolute atomic E-state index is 0.0265. The Morgan fingerprint density at radius 2 is 0.596 bits per heavy atom. The quantitative estimate of drug-likeness (QED) is 0.182. The zero-order valence-corrected chi connectivity index (χ0v) is 32.9. The zero-order chi connectivity index (χ0) is 37.7. The highest BCUT2D eigenvalue weighted by Crippen LogP contribution is 2.41. The highest BCUT2D eigenvalue weighted by Gasteiger charge is 2.25. The van der Waals surface area contributed by atoms with Gasteiger partial charge in [-0.3, -0.25) is 0 Å². The van der Waals surface area contributed by atoms with E-state index in [0.717, 1.165) is 43.6 Å². The maximum Gasteiger partial charge on any atom is 0.101 e. The number of nitrogens with zero attached hydrogens (tertiary/aromatic N) is 4. The number of aromatic nitrogens is 2. The van der Waals surface area contributed by atoms with Crippen molar-refractivity contribution in [3.05, 3.63) is 118 Å². The van der Waals surface area contributed by atoms with Crippen LogP contribution in [0.5, 0.6) is 0 Å². The summed E-state index contributed by atoms with van der Waals surface area (Å²) in [4.78, 5) is 0. The molecule has 2 heterocycles. The molecule has 0 bridgehead atoms. The van der Waals surface area contributed by atoms with Crippen molar-refractivity contribution in [2.45, 2.75) is 105 Å². The topological polar surface area (TPSA) is 57.4 Å². The van der Waals surface area contributed by atoms with Crippen molar-refractivity contribution < 1.29 is 0 Å². The fourth-order valence-corrected chi connectivity index (χ4v) is 7.56. The maximum absolute atomic E-state index is 10.9. The molecule has 0 saturated carbocycles. The maximum atomic E-state index is 10.9. The van der Waals surface area contributed by atoms with Gasteiger partial charge in [0.2, 0.25) is 0 Å². The summed E-state index contributed by atoms with van der Waals surface area (Å²) < 4.78 is 4.37. The molecule has 4 heteroatoms. The van der Waals surface area contributed by atoms with Gasteiger partial charge in [-0.1, -0.05) is 107 Å². The molecule has 0 N–H and O–H groups in total. The molecule has 0 aliphatic carbocycles. The first-order valence-electron chi connectivity index (χ1n) is 18.4. The van der Waals surface area contributed by atoms with Gasteiger partial charge in [-0.05, 0) is 105 Å². The predicted molar refractivity (Wildman–Crippen MR) is 219 cm³/mol. The minimum Gasteiger partial charge on any atom is -0.308 e. The molecule has 0 aliphatic heterocycles. The number of hydrogen-bond donors (Lipinski definition) is 0. The standard InChI is InChI=1S/C48H50N4/c1-45(2,3)31-13-17-39-35(23-31)36-24-32(46(4,5)6)14-18-40(36)51(39)43-21-30(28-50)44(22-29(43)27-49)52-41-19-15-33(47(7,8)9)25-37(41)38-26-34(48(10,11)12)16-20-42(38)52/h13-26H,1-12H3. The average molecular weight is 683 g/mol. The van der Waals surface area contributed by atoms with Gasteiger partial charge in [-0.15, -0.1) is 0 Å². The lowest BCUT2D eigenvalue weighted by Gasteiger charge is -2.20. The van der Waals surface area contributed by atoms with Crippen LogP contribution >= 0.6 is 0 Å². The normalized spacial score (nSPS) is 13.0. The predicted octanol–water partition coefficient (Wildman–Crippen LogP) is 12.8. The van der Waals surface area contributed by atoms with Crippen LogP contribution in [0.15, 0.2) is 84.9 Å². The zero-order valence-electron chi connectivity index (χ0n) is 32.9. The van der Waals surface area contributed by atoms with Crippen molar-refractivity contribution in [3.63, 3.8) is 0 Å². The Morgan fingerprint density at radius 1 is 0.365 bits per heavy atom. The largest absolute Gasteiger partial charge is 0.308 e. The molecule has 4 nitrogen and oxygen atoms in total. The fraction of sp³-hybridized carbons (Fsp3) is 0.333. The SMILES string of the molecule is CC(C)(C)c1ccc2c(c1)c1cc(C(C)(C)C)ccc1n2-c1cc(C#N)c(-n2c3ccc(C(C)(C)C)cc3c3cc(C(C)(C)C)ccc32)cc1C#N. The summed E-state index contributed by atoms with van der Waals surface area (Å²) in [6.07, 6.45) is 0. The van der Waals surface area contributed by atoms with E-state index < -0.39 is 0 Å². The van der Waals surface area contributed by atoms with Gasteiger partial charge >= 0.3 is 0 Å². The van der Waals surface area contributed by atoms with Crippen molar-refractivity contribution in [2.75, 3.05) is 0 Å². The molecule has 0 radical (unpaired) electrons. The Hall–Kier alpha value is -5.32. The minimum atomic E-state index is -0.0265. The van der Waals surface area contributed by atoms with E-state index in [4.69, 9.17) is 0 Å². The van der Waals surface area contributed by atoms with Crippen LogP contribution in [0.2, 0.25) is 0 Å². The van der Waals surface area contributed by atoms with Crippen LogP contribution in [-0.4, -0.2) is 9.13 Å². The number of fused-ring (bicyclic) bond motifs is 6. The molecule has 0 saturated heterocycles. The monoisotopic (exact) mass is 682 g/mol. The molecule has 0 amide bonds. The smallest absolute Gasteiger partial charge is 0.101 e. The molecule has 0 spiro atoms. The summed E-state index contributed by atoms with van der Waals surface area (Å²) >= 11 is 0. The lowest BCUT2D eigenvalue weighted by atomic mass is 9.85. The summed E-state index contributed by atoms with van der Waals surface area (Å²) in [5, 5.41) is 26.3. The van der Waals surface area contributed by atoms with Gasteiger partial charge in [0.25, 0.3) is 0 Å². The first-order chi connectivity index (χ1) is 24.2. The van der Waals surface area contributed by atoms with Gasteiger partial charge in [-0.2, -0.15) is 10.5 Å². The molecule has 2 aromatic heterocycles. The first-order valence-corrected chi connectivity index (χ1v) is 18.4. The Labute approximate surface area is 308 Å². The van der Waals surface area contributed by atoms with E-state index in [1.165, 1.54) is 22.3 Å². The Morgan fingerprint density at radius 3 is 0.788 bits per heavy atom. The molecule has 7 rings (SSSR count). The highest BCUT2D eigenvalue weighted by atomic mass is 15.0. The summed E-state index contributed by atoms with van der Waals surface area (Å²) in [6, 6.07) is 35.7. The van der Waals surface area contributed by atoms with E-state index in [2.05, 4.69) is 177 Å². The molecule has 52 heavy (non-hydrogen) atoms. The van der Waals surface area contributed by atoms with Crippen LogP contribution in [-0.2, 0) is 21.7 Å². The second-order valence-electron chi connectivity index (χ2n) is 18.7. The summed E-state index contributed by atoms with van der Waals surface area (Å²) in [5.74, 6) is 0. The molecule has 262 valence electrons. The van der Waals surface area contributed by atoms with E-state index in [-0.39, 0.29) is 21.7 Å². The molecule has 0 aliphatic rings. The number of rotatable bonds is 2. The van der Waals surface area contributed by atoms with Crippen LogP contribution in [0, 0.1) is 22.7 Å². The highest BCUT2D eigenvalue weighted by molar-refractivity contribution is 6.11. The van der Waals surface area contributed by atoms with Gasteiger partial charge in [0.1, 0.15) is 12.1 Å². The summed E-state index contributed by atoms with van der Waals surface area (Å²) in [7, 11) is 0. The Bertz CT molecular complexity index is 2340. The van der Waals surface area contributed by atoms with E-state index in [1.807, 2.05) is 12.1 Å². The summed E-state index contributed by atoms with van der Waals surface area (Å²) in [6.45, 7) is 26.9. The third-order valence-corrected chi connectivity index (χ3v) is 10.8. The van der Waals surface area contributed by atoms with E-state index in [1.54, 1.807) is 0 Å². The second kappa shape index (κ2) is 11.6. The first kappa shape index (κ1) is 35.1. The van der Waals surface area contributed by atoms with Crippen LogP contribution in [0.1, 0.15) is 116 Å². The molecule has 0 fully saturated rings. The van der Waals surface area contributed by atoms with Gasteiger partial charge in [0.05, 0.1) is 44.6 Å². The van der Waals surface area contributed by atoms with Crippen molar-refractivity contribution in [3.8, 4) is 23.5 Å². The molecule has 5 aromatic carbocycles. The van der Waals surface area contributed by atoms with Gasteiger partial charge in [0.15, 0.2) is 0 Å². The van der Waals surface area contributed by atoms with Crippen LogP contribution < -0.4 is 0 Å². The van der Waals surface area contributed by atoms with Gasteiger partial charge in [-0.25, -0.2) is 0 Å². The Kier molecular flexibility index (Phi) is 7.83. The molecule has 0 atom stereocenters. The van der Waals surface area contributed by atoms with Crippen molar-refractivity contribution in [1.82, 2.24) is 9.13 Å². The van der Waals surface area contributed by atoms with E-state index in [9.17, 15) is 10.5 Å². The van der Waals surface area contributed by atoms with E-state index >= 15 is 0 Å². The Balaban J connectivity index is 1.56. The van der Waals surface area contributed by atoms with Crippen molar-refractivity contribution in [1.29, 1.82) is 10.5 Å². The van der Waals surface area contributed by atoms with Crippen LogP contribution in [0.4, 0.5) is 0 Å². The third-order valence-electron chi connectivity index (χ3n) is 10.8. The average Bonchev–Trinajstić information content (AvgIpc) is 3.57. The number of benzene rings is 5. The summed E-state index contributed by atoms with van der Waals surface area (Å²) in [5.41, 5.74) is 11.4. The molecule has 0 unspecified atom stereocenters. The van der Waals surface area contributed by atoms with E-state index in [0.29, 0.717) is 22.5 Å². The molecular formula is C48H50N4. The second-order valence-corrected chi connectivity index (χ2v) is 18.7. The fourth-order valence-electron chi connectivity index (χ4n) is 7.56. The number of hydrogen-bond acceptors (Lipinski definition) is 2. The number of nitriles is 2. The molecular weight excluding hydrogens is 633 g/mol. The molecule has 7 aromatic rings. The third kappa shape index (κ3) is 5.66. The van der Waals surface area contributed by atoms with Crippen LogP contribution in [0.25, 0.3) is 55.0 Å². The van der Waals surface area contributed by atoms with Crippen molar-refractivity contribution >= 4 is 43.6 Å². The van der Waals surface area contributed by atoms with Crippen molar-refractivity contribution in [2.24, 2.45) is 0 Å². The van der Waals surface area contributed by atoms with Gasteiger partial charge < -0.3 is 9.13 Å². The van der Waals surface area contributed by atoms with Crippen LogP contribution in [0.3, 0.4) is 0 Å².